The average Bonchev–Trinajstić information content (AvgIpc) is 2.72. The Labute approximate surface area is 119 Å². The fraction of sp³-hybridized carbons (Fsp3) is 0.462. The Bertz CT molecular complexity index is 691. The zero-order valence-corrected chi connectivity index (χ0v) is 12.8. The molecule has 0 saturated carbocycles. The van der Waals surface area contributed by atoms with Crippen LogP contribution in [-0.2, 0) is 23.7 Å². The van der Waals surface area contributed by atoms with Crippen LogP contribution in [0.15, 0.2) is 24.3 Å². The summed E-state index contributed by atoms with van der Waals surface area (Å²) in [4.78, 5) is 4.56. The maximum atomic E-state index is 11.5. The minimum absolute atomic E-state index is 0.406. The van der Waals surface area contributed by atoms with Crippen LogP contribution in [0.3, 0.4) is 0 Å². The van der Waals surface area contributed by atoms with Crippen molar-refractivity contribution in [3.63, 3.8) is 0 Å². The standard InChI is InChI=1S/C13H20N4O2S/c1-16(2)20(18,19)14-10-6-9-13-15-11-7-4-5-8-12(11)17(13)3/h4-5,7-8,14H,6,9-10H2,1-3H3. The molecule has 1 aromatic carbocycles. The van der Waals surface area contributed by atoms with Gasteiger partial charge in [-0.1, -0.05) is 12.1 Å². The number of aryl methyl sites for hydroxylation is 2. The molecule has 2 rings (SSSR count). The van der Waals surface area contributed by atoms with E-state index in [2.05, 4.69) is 14.3 Å². The van der Waals surface area contributed by atoms with Crippen molar-refractivity contribution in [2.75, 3.05) is 20.6 Å². The number of para-hydroxylation sites is 2. The molecule has 0 aliphatic carbocycles. The number of hydrogen-bond acceptors (Lipinski definition) is 3. The maximum Gasteiger partial charge on any atom is 0.278 e. The third kappa shape index (κ3) is 3.17. The van der Waals surface area contributed by atoms with Crippen molar-refractivity contribution in [1.82, 2.24) is 18.6 Å². The summed E-state index contributed by atoms with van der Waals surface area (Å²) in [6.45, 7) is 0.406. The number of nitrogens with zero attached hydrogens (tertiary/aromatic N) is 3. The van der Waals surface area contributed by atoms with Crippen LogP contribution in [0.4, 0.5) is 0 Å². The zero-order valence-electron chi connectivity index (χ0n) is 12.0. The SMILES string of the molecule is CN(C)S(=O)(=O)NCCCc1nc2ccccc2n1C. The van der Waals surface area contributed by atoms with E-state index in [1.165, 1.54) is 18.4 Å². The Morgan fingerprint density at radius 1 is 1.30 bits per heavy atom. The summed E-state index contributed by atoms with van der Waals surface area (Å²) in [5.74, 6) is 0.968. The molecule has 0 spiro atoms. The molecule has 20 heavy (non-hydrogen) atoms. The predicted molar refractivity (Wildman–Crippen MR) is 79.6 cm³/mol. The minimum atomic E-state index is -3.33. The first-order chi connectivity index (χ1) is 9.42. The Morgan fingerprint density at radius 3 is 2.65 bits per heavy atom. The summed E-state index contributed by atoms with van der Waals surface area (Å²) in [6, 6.07) is 7.96. The predicted octanol–water partition coefficient (Wildman–Crippen LogP) is 0.902. The van der Waals surface area contributed by atoms with Gasteiger partial charge in [-0.25, -0.2) is 9.71 Å². The van der Waals surface area contributed by atoms with Crippen LogP contribution in [-0.4, -0.2) is 42.9 Å². The Balaban J connectivity index is 1.95. The number of rotatable bonds is 6. The second-order valence-corrected chi connectivity index (χ2v) is 6.83. The monoisotopic (exact) mass is 296 g/mol. The molecule has 6 nitrogen and oxygen atoms in total. The fourth-order valence-electron chi connectivity index (χ4n) is 2.00. The molecule has 110 valence electrons. The van der Waals surface area contributed by atoms with Crippen LogP contribution >= 0.6 is 0 Å². The molecule has 0 unspecified atom stereocenters. The van der Waals surface area contributed by atoms with Crippen molar-refractivity contribution >= 4 is 21.2 Å². The van der Waals surface area contributed by atoms with E-state index in [1.807, 2.05) is 31.3 Å². The Kier molecular flexibility index (Phi) is 4.42. The van der Waals surface area contributed by atoms with Crippen LogP contribution in [0.5, 0.6) is 0 Å². The first-order valence-corrected chi connectivity index (χ1v) is 7.93. The van der Waals surface area contributed by atoms with Crippen LogP contribution in [0, 0.1) is 0 Å². The quantitative estimate of drug-likeness (QED) is 0.805. The average molecular weight is 296 g/mol. The second-order valence-electron chi connectivity index (χ2n) is 4.86. The Morgan fingerprint density at radius 2 is 2.00 bits per heavy atom. The number of hydrogen-bond donors (Lipinski definition) is 1. The van der Waals surface area contributed by atoms with E-state index in [0.717, 1.165) is 23.3 Å². The van der Waals surface area contributed by atoms with Gasteiger partial charge >= 0.3 is 0 Å². The summed E-state index contributed by atoms with van der Waals surface area (Å²) >= 11 is 0. The molecule has 1 N–H and O–H groups in total. The normalized spacial score (nSPS) is 12.4. The summed E-state index contributed by atoms with van der Waals surface area (Å²) in [7, 11) is 1.67. The first kappa shape index (κ1) is 15.0. The number of imidazole rings is 1. The van der Waals surface area contributed by atoms with Crippen molar-refractivity contribution < 1.29 is 8.42 Å². The lowest BCUT2D eigenvalue weighted by Crippen LogP contribution is -2.36. The van der Waals surface area contributed by atoms with E-state index in [9.17, 15) is 8.42 Å². The molecule has 0 aliphatic rings. The van der Waals surface area contributed by atoms with Crippen LogP contribution < -0.4 is 4.72 Å². The van der Waals surface area contributed by atoms with Crippen molar-refractivity contribution in [3.05, 3.63) is 30.1 Å². The molecule has 1 aromatic heterocycles. The highest BCUT2D eigenvalue weighted by molar-refractivity contribution is 7.87. The first-order valence-electron chi connectivity index (χ1n) is 6.49. The lowest BCUT2D eigenvalue weighted by atomic mass is 10.3. The van der Waals surface area contributed by atoms with Gasteiger partial charge in [0.15, 0.2) is 0 Å². The molecule has 0 amide bonds. The summed E-state index contributed by atoms with van der Waals surface area (Å²) in [5.41, 5.74) is 2.07. The van der Waals surface area contributed by atoms with Gasteiger partial charge in [-0.3, -0.25) is 0 Å². The van der Waals surface area contributed by atoms with Gasteiger partial charge in [0, 0.05) is 34.1 Å². The molecule has 0 saturated heterocycles. The fourth-order valence-corrected chi connectivity index (χ4v) is 2.66. The summed E-state index contributed by atoms with van der Waals surface area (Å²) < 4.78 is 28.8. The van der Waals surface area contributed by atoms with E-state index in [4.69, 9.17) is 0 Å². The van der Waals surface area contributed by atoms with E-state index < -0.39 is 10.2 Å². The highest BCUT2D eigenvalue weighted by atomic mass is 32.2. The molecule has 0 radical (unpaired) electrons. The highest BCUT2D eigenvalue weighted by Gasteiger charge is 2.12. The number of aromatic nitrogens is 2. The maximum absolute atomic E-state index is 11.5. The Hall–Kier alpha value is -1.44. The molecule has 1 heterocycles. The highest BCUT2D eigenvalue weighted by Crippen LogP contribution is 2.15. The smallest absolute Gasteiger partial charge is 0.278 e. The van der Waals surface area contributed by atoms with Crippen LogP contribution in [0.25, 0.3) is 11.0 Å². The lowest BCUT2D eigenvalue weighted by Gasteiger charge is -2.11. The van der Waals surface area contributed by atoms with Gasteiger partial charge in [-0.05, 0) is 18.6 Å². The van der Waals surface area contributed by atoms with Crippen molar-refractivity contribution in [1.29, 1.82) is 0 Å². The topological polar surface area (TPSA) is 67.2 Å². The third-order valence-electron chi connectivity index (χ3n) is 3.22. The van der Waals surface area contributed by atoms with Gasteiger partial charge in [0.05, 0.1) is 11.0 Å². The summed E-state index contributed by atoms with van der Waals surface area (Å²) in [6.07, 6.45) is 1.45. The van der Waals surface area contributed by atoms with Crippen molar-refractivity contribution in [2.24, 2.45) is 7.05 Å². The van der Waals surface area contributed by atoms with Gasteiger partial charge < -0.3 is 4.57 Å². The molecular formula is C13H20N4O2S. The number of nitrogens with one attached hydrogen (secondary N) is 1. The van der Waals surface area contributed by atoms with Crippen molar-refractivity contribution in [2.45, 2.75) is 12.8 Å². The molecular weight excluding hydrogens is 276 g/mol. The van der Waals surface area contributed by atoms with E-state index >= 15 is 0 Å². The number of fused-ring (bicyclic) bond motifs is 1. The molecule has 0 aliphatic heterocycles. The van der Waals surface area contributed by atoms with Crippen molar-refractivity contribution in [3.8, 4) is 0 Å². The second kappa shape index (κ2) is 5.90. The summed E-state index contributed by atoms with van der Waals surface area (Å²) in [5, 5.41) is 0. The molecule has 7 heteroatoms. The lowest BCUT2D eigenvalue weighted by molar-refractivity contribution is 0.503. The third-order valence-corrected chi connectivity index (χ3v) is 4.75. The van der Waals surface area contributed by atoms with Gasteiger partial charge in [0.1, 0.15) is 5.82 Å². The van der Waals surface area contributed by atoms with E-state index in [1.54, 1.807) is 0 Å². The number of benzene rings is 1. The molecule has 2 aromatic rings. The largest absolute Gasteiger partial charge is 0.331 e. The zero-order chi connectivity index (χ0) is 14.8. The molecule has 0 fully saturated rings. The van der Waals surface area contributed by atoms with Gasteiger partial charge in [-0.15, -0.1) is 0 Å². The van der Waals surface area contributed by atoms with E-state index in [-0.39, 0.29) is 0 Å². The minimum Gasteiger partial charge on any atom is -0.331 e. The van der Waals surface area contributed by atoms with Gasteiger partial charge in [0.2, 0.25) is 0 Å². The molecule has 0 bridgehead atoms. The van der Waals surface area contributed by atoms with Gasteiger partial charge in [-0.2, -0.15) is 12.7 Å². The van der Waals surface area contributed by atoms with Crippen LogP contribution in [0.2, 0.25) is 0 Å². The van der Waals surface area contributed by atoms with E-state index in [0.29, 0.717) is 13.0 Å². The van der Waals surface area contributed by atoms with Crippen LogP contribution in [0.1, 0.15) is 12.2 Å². The molecule has 0 atom stereocenters. The van der Waals surface area contributed by atoms with Gasteiger partial charge in [0.25, 0.3) is 10.2 Å².